The summed E-state index contributed by atoms with van der Waals surface area (Å²) in [6.07, 6.45) is 2.29. The topological polar surface area (TPSA) is 75.4 Å². The summed E-state index contributed by atoms with van der Waals surface area (Å²) in [5.41, 5.74) is 5.22. The lowest BCUT2D eigenvalue weighted by atomic mass is 9.85. The maximum Gasteiger partial charge on any atom is 0.314 e. The van der Waals surface area contributed by atoms with Gasteiger partial charge in [-0.1, -0.05) is 0 Å². The zero-order valence-corrected chi connectivity index (χ0v) is 8.03. The Labute approximate surface area is 82.6 Å². The number of likely N-dealkylation sites (tertiary alicyclic amines) is 1. The van der Waals surface area contributed by atoms with E-state index in [0.717, 1.165) is 12.8 Å². The number of urea groups is 1. The first-order chi connectivity index (χ1) is 6.66. The molecule has 2 aliphatic rings. The van der Waals surface area contributed by atoms with E-state index in [2.05, 4.69) is 5.32 Å². The predicted octanol–water partition coefficient (Wildman–Crippen LogP) is -0.334. The lowest BCUT2D eigenvalue weighted by Gasteiger charge is -2.40. The second kappa shape index (κ2) is 3.48. The summed E-state index contributed by atoms with van der Waals surface area (Å²) < 4.78 is 0. The lowest BCUT2D eigenvalue weighted by Crippen LogP contribution is -2.55. The summed E-state index contributed by atoms with van der Waals surface area (Å²) in [6.45, 7) is 1.36. The number of piperidine rings is 2. The molecule has 2 rings (SSSR count). The summed E-state index contributed by atoms with van der Waals surface area (Å²) in [5, 5.41) is 2.96. The van der Waals surface area contributed by atoms with Gasteiger partial charge in [-0.05, 0) is 18.8 Å². The van der Waals surface area contributed by atoms with E-state index in [4.69, 9.17) is 5.73 Å². The minimum absolute atomic E-state index is 0.138. The van der Waals surface area contributed by atoms with E-state index >= 15 is 0 Å². The smallest absolute Gasteiger partial charge is 0.314 e. The molecule has 0 saturated carbocycles. The van der Waals surface area contributed by atoms with E-state index in [1.807, 2.05) is 0 Å². The van der Waals surface area contributed by atoms with Crippen LogP contribution in [-0.2, 0) is 4.79 Å². The van der Waals surface area contributed by atoms with E-state index in [1.54, 1.807) is 4.90 Å². The van der Waals surface area contributed by atoms with Crippen LogP contribution in [0.3, 0.4) is 0 Å². The van der Waals surface area contributed by atoms with Crippen LogP contribution >= 0.6 is 0 Å². The highest BCUT2D eigenvalue weighted by Gasteiger charge is 2.34. The Kier molecular flexibility index (Phi) is 2.31. The van der Waals surface area contributed by atoms with Gasteiger partial charge in [0, 0.05) is 25.6 Å². The third-order valence-electron chi connectivity index (χ3n) is 3.13. The highest BCUT2D eigenvalue weighted by molar-refractivity contribution is 5.77. The first kappa shape index (κ1) is 9.30. The van der Waals surface area contributed by atoms with Crippen LogP contribution in [-0.4, -0.2) is 36.0 Å². The van der Waals surface area contributed by atoms with Gasteiger partial charge in [0.05, 0.1) is 0 Å². The van der Waals surface area contributed by atoms with Crippen LogP contribution in [0.2, 0.25) is 0 Å². The summed E-state index contributed by atoms with van der Waals surface area (Å²) in [5.74, 6) is 0.535. The average molecular weight is 197 g/mol. The molecule has 3 N–H and O–H groups in total. The molecule has 0 bridgehead atoms. The second-order valence-electron chi connectivity index (χ2n) is 4.05. The van der Waals surface area contributed by atoms with Gasteiger partial charge in [0.2, 0.25) is 5.91 Å². The molecular formula is C9H15N3O2. The fraction of sp³-hybridized carbons (Fsp3) is 0.778. The van der Waals surface area contributed by atoms with Crippen molar-refractivity contribution in [2.45, 2.75) is 25.3 Å². The minimum Gasteiger partial charge on any atom is -0.353 e. The first-order valence-corrected chi connectivity index (χ1v) is 5.00. The Bertz CT molecular complexity index is 267. The molecule has 2 saturated heterocycles. The van der Waals surface area contributed by atoms with E-state index in [9.17, 15) is 9.59 Å². The van der Waals surface area contributed by atoms with Crippen LogP contribution in [0.4, 0.5) is 4.79 Å². The molecule has 2 unspecified atom stereocenters. The van der Waals surface area contributed by atoms with Crippen molar-refractivity contribution in [2.75, 3.05) is 13.1 Å². The molecule has 14 heavy (non-hydrogen) atoms. The molecule has 0 aromatic heterocycles. The normalized spacial score (nSPS) is 32.0. The minimum atomic E-state index is -0.347. The van der Waals surface area contributed by atoms with Gasteiger partial charge in [-0.2, -0.15) is 0 Å². The van der Waals surface area contributed by atoms with Crippen LogP contribution in [0.5, 0.6) is 0 Å². The molecular weight excluding hydrogens is 182 g/mol. The fourth-order valence-electron chi connectivity index (χ4n) is 2.31. The standard InChI is InChI=1S/C9H15N3O2/c10-9(14)12-4-3-7-6(5-12)1-2-8(13)11-7/h6-7H,1-5H2,(H2,10,14)(H,11,13). The molecule has 78 valence electrons. The summed E-state index contributed by atoms with van der Waals surface area (Å²) in [6, 6.07) is -0.0906. The summed E-state index contributed by atoms with van der Waals surface area (Å²) in [7, 11) is 0. The predicted molar refractivity (Wildman–Crippen MR) is 50.4 cm³/mol. The van der Waals surface area contributed by atoms with Gasteiger partial charge >= 0.3 is 6.03 Å². The number of nitrogens with one attached hydrogen (secondary N) is 1. The first-order valence-electron chi connectivity index (χ1n) is 5.00. The number of nitrogens with two attached hydrogens (primary N) is 1. The fourth-order valence-corrected chi connectivity index (χ4v) is 2.31. The highest BCUT2D eigenvalue weighted by atomic mass is 16.2. The highest BCUT2D eigenvalue weighted by Crippen LogP contribution is 2.24. The van der Waals surface area contributed by atoms with Crippen molar-refractivity contribution in [2.24, 2.45) is 11.7 Å². The molecule has 0 aromatic rings. The number of hydrogen-bond acceptors (Lipinski definition) is 2. The molecule has 2 aliphatic heterocycles. The summed E-state index contributed by atoms with van der Waals surface area (Å²) in [4.78, 5) is 23.7. The number of primary amides is 1. The SMILES string of the molecule is NC(=O)N1CCC2NC(=O)CCC2C1. The molecule has 0 aliphatic carbocycles. The number of fused-ring (bicyclic) bond motifs is 1. The average Bonchev–Trinajstić information content (AvgIpc) is 2.16. The molecule has 2 heterocycles. The zero-order valence-electron chi connectivity index (χ0n) is 8.03. The number of carbonyl (C=O) groups is 2. The molecule has 3 amide bonds. The third-order valence-corrected chi connectivity index (χ3v) is 3.13. The van der Waals surface area contributed by atoms with E-state index in [-0.39, 0.29) is 18.0 Å². The Morgan fingerprint density at radius 1 is 1.50 bits per heavy atom. The number of rotatable bonds is 0. The molecule has 5 nitrogen and oxygen atoms in total. The van der Waals surface area contributed by atoms with Gasteiger partial charge in [-0.15, -0.1) is 0 Å². The molecule has 0 aromatic carbocycles. The zero-order chi connectivity index (χ0) is 10.1. The van der Waals surface area contributed by atoms with Gasteiger partial charge in [0.25, 0.3) is 0 Å². The molecule has 0 radical (unpaired) electrons. The van der Waals surface area contributed by atoms with E-state index in [0.29, 0.717) is 25.4 Å². The molecule has 2 fully saturated rings. The van der Waals surface area contributed by atoms with Gasteiger partial charge in [0.15, 0.2) is 0 Å². The second-order valence-corrected chi connectivity index (χ2v) is 4.05. The van der Waals surface area contributed by atoms with Crippen LogP contribution in [0.25, 0.3) is 0 Å². The summed E-state index contributed by atoms with van der Waals surface area (Å²) >= 11 is 0. The van der Waals surface area contributed by atoms with Crippen molar-refractivity contribution in [1.82, 2.24) is 10.2 Å². The maximum absolute atomic E-state index is 11.1. The van der Waals surface area contributed by atoms with Crippen molar-refractivity contribution in [1.29, 1.82) is 0 Å². The van der Waals surface area contributed by atoms with E-state index in [1.165, 1.54) is 0 Å². The molecule has 0 spiro atoms. The lowest BCUT2D eigenvalue weighted by molar-refractivity contribution is -0.125. The van der Waals surface area contributed by atoms with Gasteiger partial charge in [-0.25, -0.2) is 4.79 Å². The quantitative estimate of drug-likeness (QED) is 0.557. The Morgan fingerprint density at radius 3 is 3.00 bits per heavy atom. The monoisotopic (exact) mass is 197 g/mol. The van der Waals surface area contributed by atoms with Crippen LogP contribution in [0, 0.1) is 5.92 Å². The van der Waals surface area contributed by atoms with Crippen molar-refractivity contribution in [3.63, 3.8) is 0 Å². The maximum atomic E-state index is 11.1. The Hall–Kier alpha value is -1.26. The molecule has 2 atom stereocenters. The van der Waals surface area contributed by atoms with Gasteiger partial charge in [0.1, 0.15) is 0 Å². The van der Waals surface area contributed by atoms with Crippen molar-refractivity contribution >= 4 is 11.9 Å². The van der Waals surface area contributed by atoms with Crippen LogP contribution in [0.1, 0.15) is 19.3 Å². The van der Waals surface area contributed by atoms with Crippen LogP contribution < -0.4 is 11.1 Å². The molecule has 5 heteroatoms. The van der Waals surface area contributed by atoms with Crippen molar-refractivity contribution in [3.05, 3.63) is 0 Å². The Morgan fingerprint density at radius 2 is 2.29 bits per heavy atom. The largest absolute Gasteiger partial charge is 0.353 e. The number of hydrogen-bond donors (Lipinski definition) is 2. The number of amides is 3. The van der Waals surface area contributed by atoms with Crippen molar-refractivity contribution < 1.29 is 9.59 Å². The number of nitrogens with zero attached hydrogens (tertiary/aromatic N) is 1. The van der Waals surface area contributed by atoms with Crippen LogP contribution in [0.15, 0.2) is 0 Å². The van der Waals surface area contributed by atoms with Gasteiger partial charge in [-0.3, -0.25) is 4.79 Å². The van der Waals surface area contributed by atoms with Crippen molar-refractivity contribution in [3.8, 4) is 0 Å². The van der Waals surface area contributed by atoms with Gasteiger partial charge < -0.3 is 16.0 Å². The third kappa shape index (κ3) is 1.66. The number of carbonyl (C=O) groups excluding carboxylic acids is 2. The van der Waals surface area contributed by atoms with E-state index < -0.39 is 0 Å². The Balaban J connectivity index is 1.98.